The molecular formula is C10H18N2S3. The Morgan fingerprint density at radius 2 is 1.07 bits per heavy atom. The van der Waals surface area contributed by atoms with Gasteiger partial charge in [-0.05, 0) is 51.9 Å². The number of hydrogen-bond acceptors (Lipinski definition) is 5. The minimum atomic E-state index is 0.549. The predicted molar refractivity (Wildman–Crippen MR) is 72.4 cm³/mol. The van der Waals surface area contributed by atoms with Crippen molar-refractivity contribution in [2.24, 2.45) is 0 Å². The Morgan fingerprint density at radius 3 is 1.47 bits per heavy atom. The molecule has 0 unspecified atom stereocenters. The third kappa shape index (κ3) is 2.18. The van der Waals surface area contributed by atoms with Gasteiger partial charge in [-0.1, -0.05) is 21.6 Å². The average Bonchev–Trinajstić information content (AvgIpc) is 2.60. The van der Waals surface area contributed by atoms with Crippen LogP contribution in [0.15, 0.2) is 0 Å². The monoisotopic (exact) mass is 262 g/mol. The molecule has 5 heteroatoms. The molecule has 3 heterocycles. The first-order valence-corrected chi connectivity index (χ1v) is 8.78. The molecule has 3 aliphatic rings. The van der Waals surface area contributed by atoms with Crippen molar-refractivity contribution >= 4 is 33.3 Å². The second-order valence-electron chi connectivity index (χ2n) is 4.59. The zero-order valence-electron chi connectivity index (χ0n) is 8.88. The van der Waals surface area contributed by atoms with E-state index in [1.165, 1.54) is 51.9 Å². The highest BCUT2D eigenvalue weighted by atomic mass is 33.1. The maximum atomic E-state index is 3.48. The van der Waals surface area contributed by atoms with Crippen molar-refractivity contribution < 1.29 is 0 Å². The van der Waals surface area contributed by atoms with Crippen molar-refractivity contribution in [1.29, 1.82) is 0 Å². The normalized spacial score (nSPS) is 33.6. The largest absolute Gasteiger partial charge is 0.317 e. The predicted octanol–water partition coefficient (Wildman–Crippen LogP) is 2.27. The van der Waals surface area contributed by atoms with Crippen molar-refractivity contribution in [3.8, 4) is 0 Å². The molecule has 86 valence electrons. The van der Waals surface area contributed by atoms with Crippen LogP contribution in [0, 0.1) is 0 Å². The van der Waals surface area contributed by atoms with Crippen LogP contribution >= 0.6 is 33.3 Å². The van der Waals surface area contributed by atoms with Crippen LogP contribution in [-0.4, -0.2) is 34.3 Å². The summed E-state index contributed by atoms with van der Waals surface area (Å²) in [6.07, 6.45) is 5.41. The molecule has 0 aromatic rings. The summed E-state index contributed by atoms with van der Waals surface area (Å²) < 4.78 is 1.10. The fourth-order valence-corrected chi connectivity index (χ4v) is 9.57. The lowest BCUT2D eigenvalue weighted by Crippen LogP contribution is -2.40. The van der Waals surface area contributed by atoms with E-state index in [2.05, 4.69) is 44.0 Å². The lowest BCUT2D eigenvalue weighted by atomic mass is 10.1. The highest BCUT2D eigenvalue weighted by molar-refractivity contribution is 8.83. The molecule has 0 aliphatic carbocycles. The second kappa shape index (κ2) is 4.33. The van der Waals surface area contributed by atoms with E-state index in [-0.39, 0.29) is 0 Å². The van der Waals surface area contributed by atoms with Crippen LogP contribution in [0.25, 0.3) is 0 Å². The summed E-state index contributed by atoms with van der Waals surface area (Å²) in [5.74, 6) is 0. The molecule has 3 rings (SSSR count). The van der Waals surface area contributed by atoms with Crippen LogP contribution in [0.3, 0.4) is 0 Å². The van der Waals surface area contributed by atoms with Crippen LogP contribution in [0.4, 0.5) is 0 Å². The van der Waals surface area contributed by atoms with Crippen LogP contribution in [0.2, 0.25) is 0 Å². The van der Waals surface area contributed by atoms with Gasteiger partial charge < -0.3 is 10.6 Å². The maximum Gasteiger partial charge on any atom is 0.0753 e. The fourth-order valence-electron chi connectivity index (χ4n) is 2.51. The molecule has 0 amide bonds. The SMILES string of the molecule is C1CC2(CCN1)SSC1(CCNCC1)S2. The molecule has 15 heavy (non-hydrogen) atoms. The standard InChI is InChI=1S/C10H18N2S3/c1-5-11-6-2-9(1)13-10(15-14-9)3-7-12-8-4-10/h11-12H,1-8H2. The van der Waals surface area contributed by atoms with Gasteiger partial charge in [0.25, 0.3) is 0 Å². The lowest BCUT2D eigenvalue weighted by Gasteiger charge is -2.36. The van der Waals surface area contributed by atoms with Gasteiger partial charge in [0.15, 0.2) is 0 Å². The zero-order valence-corrected chi connectivity index (χ0v) is 11.3. The van der Waals surface area contributed by atoms with Gasteiger partial charge in [0.05, 0.1) is 8.16 Å². The third-order valence-corrected chi connectivity index (χ3v) is 10.3. The van der Waals surface area contributed by atoms with Crippen LogP contribution in [-0.2, 0) is 0 Å². The Labute approximate surface area is 104 Å². The Balaban J connectivity index is 1.70. The van der Waals surface area contributed by atoms with Crippen molar-refractivity contribution in [2.75, 3.05) is 26.2 Å². The third-order valence-electron chi connectivity index (χ3n) is 3.45. The van der Waals surface area contributed by atoms with Gasteiger partial charge in [-0.15, -0.1) is 11.8 Å². The van der Waals surface area contributed by atoms with Crippen molar-refractivity contribution in [2.45, 2.75) is 33.8 Å². The van der Waals surface area contributed by atoms with Crippen LogP contribution in [0.1, 0.15) is 25.7 Å². The maximum absolute atomic E-state index is 3.48. The van der Waals surface area contributed by atoms with Gasteiger partial charge in [0.2, 0.25) is 0 Å². The van der Waals surface area contributed by atoms with E-state index < -0.39 is 0 Å². The summed E-state index contributed by atoms with van der Waals surface area (Å²) in [5, 5.41) is 6.96. The van der Waals surface area contributed by atoms with Gasteiger partial charge in [0.1, 0.15) is 0 Å². The number of hydrogen-bond donors (Lipinski definition) is 2. The highest BCUT2D eigenvalue weighted by Gasteiger charge is 2.51. The number of nitrogens with one attached hydrogen (secondary N) is 2. The molecule has 2 nitrogen and oxygen atoms in total. The quantitative estimate of drug-likeness (QED) is 0.652. The number of thioether (sulfide) groups is 1. The van der Waals surface area contributed by atoms with E-state index in [0.717, 1.165) is 0 Å². The molecule has 2 spiro atoms. The summed E-state index contributed by atoms with van der Waals surface area (Å²) in [6, 6.07) is 0. The zero-order chi connectivity index (χ0) is 10.2. The van der Waals surface area contributed by atoms with Crippen LogP contribution in [0.5, 0.6) is 0 Å². The molecule has 0 bridgehead atoms. The number of rotatable bonds is 0. The number of piperidine rings is 2. The van der Waals surface area contributed by atoms with E-state index in [9.17, 15) is 0 Å². The second-order valence-corrected chi connectivity index (χ2v) is 9.77. The van der Waals surface area contributed by atoms with Gasteiger partial charge in [-0.25, -0.2) is 0 Å². The molecular weight excluding hydrogens is 244 g/mol. The van der Waals surface area contributed by atoms with E-state index in [0.29, 0.717) is 8.16 Å². The van der Waals surface area contributed by atoms with E-state index >= 15 is 0 Å². The first kappa shape index (κ1) is 11.1. The van der Waals surface area contributed by atoms with E-state index in [1.807, 2.05) is 0 Å². The van der Waals surface area contributed by atoms with Gasteiger partial charge >= 0.3 is 0 Å². The highest BCUT2D eigenvalue weighted by Crippen LogP contribution is 2.69. The van der Waals surface area contributed by atoms with Gasteiger partial charge in [-0.3, -0.25) is 0 Å². The summed E-state index contributed by atoms with van der Waals surface area (Å²) in [4.78, 5) is 0. The van der Waals surface area contributed by atoms with E-state index in [1.54, 1.807) is 0 Å². The molecule has 2 N–H and O–H groups in total. The molecule has 0 radical (unpaired) electrons. The molecule has 0 atom stereocenters. The molecule has 0 saturated carbocycles. The molecule has 3 saturated heterocycles. The van der Waals surface area contributed by atoms with Gasteiger partial charge in [0, 0.05) is 0 Å². The Kier molecular flexibility index (Phi) is 3.20. The first-order valence-electron chi connectivity index (χ1n) is 5.81. The lowest BCUT2D eigenvalue weighted by molar-refractivity contribution is 0.489. The first-order chi connectivity index (χ1) is 7.33. The summed E-state index contributed by atoms with van der Waals surface area (Å²) in [5.41, 5.74) is 0. The molecule has 3 fully saturated rings. The van der Waals surface area contributed by atoms with Crippen molar-refractivity contribution in [3.05, 3.63) is 0 Å². The van der Waals surface area contributed by atoms with Crippen molar-refractivity contribution in [1.82, 2.24) is 10.6 Å². The van der Waals surface area contributed by atoms with Crippen molar-refractivity contribution in [3.63, 3.8) is 0 Å². The Morgan fingerprint density at radius 1 is 0.667 bits per heavy atom. The average molecular weight is 262 g/mol. The van der Waals surface area contributed by atoms with E-state index in [4.69, 9.17) is 0 Å². The molecule has 3 aliphatic heterocycles. The summed E-state index contributed by atoms with van der Waals surface area (Å²) in [7, 11) is 4.37. The Hall–Kier alpha value is 0.970. The summed E-state index contributed by atoms with van der Waals surface area (Å²) in [6.45, 7) is 4.87. The minimum Gasteiger partial charge on any atom is -0.317 e. The smallest absolute Gasteiger partial charge is 0.0753 e. The summed E-state index contributed by atoms with van der Waals surface area (Å²) >= 11 is 2.30. The molecule has 0 aromatic carbocycles. The minimum absolute atomic E-state index is 0.549. The van der Waals surface area contributed by atoms with Gasteiger partial charge in [-0.2, -0.15) is 0 Å². The fraction of sp³-hybridized carbons (Fsp3) is 1.00. The Bertz CT molecular complexity index is 211. The molecule has 0 aromatic heterocycles. The van der Waals surface area contributed by atoms with Crippen LogP contribution < -0.4 is 10.6 Å². The topological polar surface area (TPSA) is 24.1 Å².